The Bertz CT molecular complexity index is 1310. The molecular weight excluding hydrogens is 456 g/mol. The van der Waals surface area contributed by atoms with Gasteiger partial charge in [-0.2, -0.15) is 0 Å². The third kappa shape index (κ3) is 4.21. The Hall–Kier alpha value is -4.13. The fourth-order valence-corrected chi connectivity index (χ4v) is 5.14. The van der Waals surface area contributed by atoms with Crippen LogP contribution in [0.3, 0.4) is 0 Å². The molecule has 0 fully saturated rings. The van der Waals surface area contributed by atoms with Gasteiger partial charge in [0.15, 0.2) is 17.3 Å². The number of carbonyl (C=O) groups excluding carboxylic acids is 1. The van der Waals surface area contributed by atoms with E-state index in [0.717, 1.165) is 39.5 Å². The van der Waals surface area contributed by atoms with E-state index in [4.69, 9.17) is 18.9 Å². The topological polar surface area (TPSA) is 78.1 Å². The molecule has 3 aromatic carbocycles. The average Bonchev–Trinajstić information content (AvgIpc) is 3.09. The maximum atomic E-state index is 13.8. The van der Waals surface area contributed by atoms with Crippen molar-refractivity contribution in [3.05, 3.63) is 83.1 Å². The van der Waals surface area contributed by atoms with E-state index in [1.165, 1.54) is 0 Å². The maximum Gasteiger partial charge on any atom is 0.203 e. The number of Topliss-reactive ketones (excluding diaryl/α,β-unsaturated/α-hetero) is 1. The van der Waals surface area contributed by atoms with Crippen LogP contribution in [0.25, 0.3) is 0 Å². The van der Waals surface area contributed by atoms with Gasteiger partial charge in [0.25, 0.3) is 0 Å². The summed E-state index contributed by atoms with van der Waals surface area (Å²) in [4.78, 5) is 13.8. The van der Waals surface area contributed by atoms with Gasteiger partial charge in [0.1, 0.15) is 5.75 Å². The second kappa shape index (κ2) is 9.85. The van der Waals surface area contributed by atoms with E-state index in [2.05, 4.69) is 10.6 Å². The molecule has 0 saturated carbocycles. The van der Waals surface area contributed by atoms with Crippen LogP contribution in [0.4, 0.5) is 11.4 Å². The third-order valence-corrected chi connectivity index (χ3v) is 6.89. The second-order valence-corrected chi connectivity index (χ2v) is 8.90. The van der Waals surface area contributed by atoms with Crippen LogP contribution in [0.15, 0.2) is 71.9 Å². The first kappa shape index (κ1) is 23.6. The number of para-hydroxylation sites is 2. The number of nitrogens with one attached hydrogen (secondary N) is 2. The predicted molar refractivity (Wildman–Crippen MR) is 140 cm³/mol. The molecule has 1 heterocycles. The fraction of sp³-hybridized carbons (Fsp3) is 0.276. The van der Waals surface area contributed by atoms with Crippen molar-refractivity contribution in [3.8, 4) is 23.0 Å². The molecule has 1 aliphatic heterocycles. The summed E-state index contributed by atoms with van der Waals surface area (Å²) in [7, 11) is 6.43. The highest BCUT2D eigenvalue weighted by Crippen LogP contribution is 2.47. The van der Waals surface area contributed by atoms with Gasteiger partial charge >= 0.3 is 0 Å². The van der Waals surface area contributed by atoms with E-state index in [9.17, 15) is 4.79 Å². The van der Waals surface area contributed by atoms with E-state index in [1.54, 1.807) is 28.4 Å². The highest BCUT2D eigenvalue weighted by Gasteiger charge is 2.36. The van der Waals surface area contributed by atoms with Crippen molar-refractivity contribution in [2.45, 2.75) is 24.8 Å². The molecule has 2 aliphatic rings. The van der Waals surface area contributed by atoms with Crippen molar-refractivity contribution in [2.24, 2.45) is 0 Å². The molecule has 0 spiro atoms. The Kier molecular flexibility index (Phi) is 6.46. The number of fused-ring (bicyclic) bond motifs is 1. The standard InChI is InChI=1S/C29H30N2O5/c1-33-20-9-7-8-17(12-20)28-27-23(30-21-10-5-6-11-22(21)31-28)13-18(14-24(27)32)19-15-25(34-2)29(36-4)26(16-19)35-3/h5-12,15-16,18,28,30-31H,13-14H2,1-4H3/t18-,28-/m0/s1. The Labute approximate surface area is 211 Å². The molecule has 0 bridgehead atoms. The number of methoxy groups -OCH3 is 4. The van der Waals surface area contributed by atoms with E-state index in [1.807, 2.05) is 60.7 Å². The summed E-state index contributed by atoms with van der Waals surface area (Å²) in [5.41, 5.74) is 5.48. The summed E-state index contributed by atoms with van der Waals surface area (Å²) in [5.74, 6) is 2.49. The monoisotopic (exact) mass is 486 g/mol. The van der Waals surface area contributed by atoms with Gasteiger partial charge in [-0.1, -0.05) is 24.3 Å². The molecule has 0 amide bonds. The van der Waals surface area contributed by atoms with Crippen LogP contribution in [0, 0.1) is 0 Å². The van der Waals surface area contributed by atoms with E-state index >= 15 is 0 Å². The van der Waals surface area contributed by atoms with Crippen LogP contribution in [0.1, 0.15) is 35.9 Å². The maximum absolute atomic E-state index is 13.8. The smallest absolute Gasteiger partial charge is 0.203 e. The van der Waals surface area contributed by atoms with E-state index in [0.29, 0.717) is 30.1 Å². The molecule has 186 valence electrons. The Morgan fingerprint density at radius 3 is 2.14 bits per heavy atom. The molecule has 0 aromatic heterocycles. The molecule has 1 aliphatic carbocycles. The quantitative estimate of drug-likeness (QED) is 0.463. The number of ether oxygens (including phenoxy) is 4. The van der Waals surface area contributed by atoms with E-state index < -0.39 is 0 Å². The normalized spacial score (nSPS) is 18.7. The molecular formula is C29H30N2O5. The van der Waals surface area contributed by atoms with Gasteiger partial charge in [-0.15, -0.1) is 0 Å². The molecule has 0 radical (unpaired) electrons. The molecule has 5 rings (SSSR count). The highest BCUT2D eigenvalue weighted by molar-refractivity contribution is 6.01. The van der Waals surface area contributed by atoms with Gasteiger partial charge in [0.05, 0.1) is 45.9 Å². The summed E-state index contributed by atoms with van der Waals surface area (Å²) < 4.78 is 22.1. The summed E-state index contributed by atoms with van der Waals surface area (Å²) in [6.45, 7) is 0. The number of hydrogen-bond donors (Lipinski definition) is 2. The largest absolute Gasteiger partial charge is 0.497 e. The van der Waals surface area contributed by atoms with Crippen molar-refractivity contribution in [2.75, 3.05) is 39.1 Å². The van der Waals surface area contributed by atoms with Gasteiger partial charge in [0, 0.05) is 17.7 Å². The van der Waals surface area contributed by atoms with Gasteiger partial charge < -0.3 is 29.6 Å². The average molecular weight is 487 g/mol. The van der Waals surface area contributed by atoms with Gasteiger partial charge in [-0.05, 0) is 59.9 Å². The van der Waals surface area contributed by atoms with Crippen LogP contribution in [0.5, 0.6) is 23.0 Å². The van der Waals surface area contributed by atoms with Crippen LogP contribution >= 0.6 is 0 Å². The van der Waals surface area contributed by atoms with E-state index in [-0.39, 0.29) is 17.7 Å². The Morgan fingerprint density at radius 1 is 0.750 bits per heavy atom. The minimum atomic E-state index is -0.306. The van der Waals surface area contributed by atoms with Gasteiger partial charge in [0.2, 0.25) is 5.75 Å². The van der Waals surface area contributed by atoms with Crippen LogP contribution < -0.4 is 29.6 Å². The van der Waals surface area contributed by atoms with Crippen molar-refractivity contribution in [1.82, 2.24) is 0 Å². The van der Waals surface area contributed by atoms with Crippen LogP contribution in [-0.2, 0) is 4.79 Å². The molecule has 36 heavy (non-hydrogen) atoms. The number of allylic oxidation sites excluding steroid dienone is 1. The highest BCUT2D eigenvalue weighted by atomic mass is 16.5. The fourth-order valence-electron chi connectivity index (χ4n) is 5.14. The lowest BCUT2D eigenvalue weighted by Crippen LogP contribution is -2.27. The number of ketones is 1. The lowest BCUT2D eigenvalue weighted by Gasteiger charge is -2.30. The minimum absolute atomic E-state index is 0.0475. The number of hydrogen-bond acceptors (Lipinski definition) is 7. The molecule has 3 aromatic rings. The summed E-state index contributed by atoms with van der Waals surface area (Å²) in [6.07, 6.45) is 1.04. The van der Waals surface area contributed by atoms with Crippen molar-refractivity contribution < 1.29 is 23.7 Å². The van der Waals surface area contributed by atoms with Crippen molar-refractivity contribution in [3.63, 3.8) is 0 Å². The van der Waals surface area contributed by atoms with Crippen LogP contribution in [0.2, 0.25) is 0 Å². The van der Waals surface area contributed by atoms with Crippen molar-refractivity contribution in [1.29, 1.82) is 0 Å². The zero-order valence-electron chi connectivity index (χ0n) is 20.9. The molecule has 0 saturated heterocycles. The molecule has 2 N–H and O–H groups in total. The first-order chi connectivity index (χ1) is 17.6. The number of anilines is 2. The molecule has 2 atom stereocenters. The Morgan fingerprint density at radius 2 is 1.47 bits per heavy atom. The molecule has 7 nitrogen and oxygen atoms in total. The summed E-state index contributed by atoms with van der Waals surface area (Å²) in [5, 5.41) is 7.19. The molecule has 0 unspecified atom stereocenters. The molecule has 7 heteroatoms. The zero-order chi connectivity index (χ0) is 25.2. The first-order valence-electron chi connectivity index (χ1n) is 11.9. The summed E-state index contributed by atoms with van der Waals surface area (Å²) >= 11 is 0. The SMILES string of the molecule is COc1cccc([C@@H]2Nc3ccccc3NC3=C2C(=O)C[C@@H](c2cc(OC)c(OC)c(OC)c2)C3)c1. The lowest BCUT2D eigenvalue weighted by atomic mass is 9.78. The third-order valence-electron chi connectivity index (χ3n) is 6.89. The van der Waals surface area contributed by atoms with Crippen LogP contribution in [-0.4, -0.2) is 34.2 Å². The lowest BCUT2D eigenvalue weighted by molar-refractivity contribution is -0.116. The number of carbonyl (C=O) groups is 1. The number of benzene rings is 3. The number of rotatable bonds is 6. The predicted octanol–water partition coefficient (Wildman–Crippen LogP) is 5.70. The van der Waals surface area contributed by atoms with Gasteiger partial charge in [-0.3, -0.25) is 4.79 Å². The zero-order valence-corrected chi connectivity index (χ0v) is 20.9. The Balaban J connectivity index is 1.60. The first-order valence-corrected chi connectivity index (χ1v) is 11.9. The second-order valence-electron chi connectivity index (χ2n) is 8.90. The van der Waals surface area contributed by atoms with Crippen molar-refractivity contribution >= 4 is 17.2 Å². The minimum Gasteiger partial charge on any atom is -0.497 e. The van der Waals surface area contributed by atoms with Gasteiger partial charge in [-0.25, -0.2) is 0 Å². The summed E-state index contributed by atoms with van der Waals surface area (Å²) in [6, 6.07) is 19.5.